The normalized spacial score (nSPS) is 28.4. The first-order valence-electron chi connectivity index (χ1n) is 6.26. The predicted molar refractivity (Wildman–Crippen MR) is 73.9 cm³/mol. The molecule has 2 N–H and O–H groups in total. The van der Waals surface area contributed by atoms with E-state index in [0.29, 0.717) is 0 Å². The van der Waals surface area contributed by atoms with E-state index >= 15 is 0 Å². The van der Waals surface area contributed by atoms with Crippen LogP contribution in [0.15, 0.2) is 17.5 Å². The zero-order chi connectivity index (χ0) is 13.1. The maximum absolute atomic E-state index is 6.16. The van der Waals surface area contributed by atoms with Crippen molar-refractivity contribution in [3.05, 3.63) is 22.4 Å². The smallest absolute Gasteiger partial charge is 0.0972 e. The van der Waals surface area contributed by atoms with Crippen LogP contribution in [0.4, 0.5) is 0 Å². The molecule has 0 bridgehead atoms. The van der Waals surface area contributed by atoms with Gasteiger partial charge in [0.05, 0.1) is 18.2 Å². The molecular formula is C13H22N2O2S. The van der Waals surface area contributed by atoms with Crippen LogP contribution in [-0.2, 0) is 9.47 Å². The lowest BCUT2D eigenvalue weighted by Gasteiger charge is -2.29. The molecule has 18 heavy (non-hydrogen) atoms. The summed E-state index contributed by atoms with van der Waals surface area (Å²) in [6.45, 7) is 3.81. The number of nitrogens with zero attached hydrogens (tertiary/aromatic N) is 1. The van der Waals surface area contributed by atoms with Crippen molar-refractivity contribution in [2.24, 2.45) is 5.73 Å². The number of methoxy groups -OCH3 is 2. The van der Waals surface area contributed by atoms with E-state index in [-0.39, 0.29) is 24.3 Å². The maximum Gasteiger partial charge on any atom is 0.0972 e. The Labute approximate surface area is 113 Å². The van der Waals surface area contributed by atoms with E-state index in [9.17, 15) is 0 Å². The Morgan fingerprint density at radius 2 is 1.94 bits per heavy atom. The van der Waals surface area contributed by atoms with Gasteiger partial charge in [-0.2, -0.15) is 0 Å². The summed E-state index contributed by atoms with van der Waals surface area (Å²) >= 11 is 1.76. The molecule has 5 heteroatoms. The Balaban J connectivity index is 2.14. The molecule has 0 spiro atoms. The van der Waals surface area contributed by atoms with E-state index in [1.807, 2.05) is 0 Å². The third kappa shape index (κ3) is 2.75. The van der Waals surface area contributed by atoms with E-state index < -0.39 is 0 Å². The topological polar surface area (TPSA) is 47.7 Å². The fourth-order valence-corrected chi connectivity index (χ4v) is 3.66. The van der Waals surface area contributed by atoms with E-state index in [1.54, 1.807) is 25.6 Å². The second kappa shape index (κ2) is 6.12. The van der Waals surface area contributed by atoms with Crippen molar-refractivity contribution < 1.29 is 9.47 Å². The first kappa shape index (κ1) is 14.0. The Hall–Kier alpha value is -0.460. The van der Waals surface area contributed by atoms with Gasteiger partial charge in [-0.1, -0.05) is 6.07 Å². The minimum atomic E-state index is 0.0942. The molecule has 0 radical (unpaired) electrons. The van der Waals surface area contributed by atoms with Crippen molar-refractivity contribution in [3.63, 3.8) is 0 Å². The third-order valence-corrected chi connectivity index (χ3v) is 4.52. The Morgan fingerprint density at radius 3 is 2.33 bits per heavy atom. The lowest BCUT2D eigenvalue weighted by Crippen LogP contribution is -2.38. The quantitative estimate of drug-likeness (QED) is 0.880. The summed E-state index contributed by atoms with van der Waals surface area (Å²) in [6, 6.07) is 4.58. The van der Waals surface area contributed by atoms with Gasteiger partial charge in [0.15, 0.2) is 0 Å². The number of nitrogens with two attached hydrogens (primary N) is 1. The van der Waals surface area contributed by atoms with Crippen LogP contribution >= 0.6 is 11.3 Å². The highest BCUT2D eigenvalue weighted by Gasteiger charge is 2.38. The highest BCUT2D eigenvalue weighted by Crippen LogP contribution is 2.31. The molecule has 2 heterocycles. The van der Waals surface area contributed by atoms with E-state index in [2.05, 4.69) is 29.3 Å². The van der Waals surface area contributed by atoms with E-state index in [0.717, 1.165) is 13.1 Å². The fraction of sp³-hybridized carbons (Fsp3) is 0.692. The zero-order valence-electron chi connectivity index (χ0n) is 11.2. The number of likely N-dealkylation sites (tertiary alicyclic amines) is 1. The van der Waals surface area contributed by atoms with Crippen molar-refractivity contribution in [1.29, 1.82) is 0 Å². The number of hydrogen-bond donors (Lipinski definition) is 1. The van der Waals surface area contributed by atoms with Crippen molar-refractivity contribution in [1.82, 2.24) is 4.90 Å². The van der Waals surface area contributed by atoms with Gasteiger partial charge in [0, 0.05) is 38.2 Å². The summed E-state index contributed by atoms with van der Waals surface area (Å²) in [4.78, 5) is 3.69. The molecule has 1 aromatic rings. The van der Waals surface area contributed by atoms with Crippen molar-refractivity contribution in [3.8, 4) is 0 Å². The summed E-state index contributed by atoms with van der Waals surface area (Å²) in [5.74, 6) is 0. The molecule has 4 nitrogen and oxygen atoms in total. The van der Waals surface area contributed by atoms with Crippen LogP contribution in [0.1, 0.15) is 17.8 Å². The summed E-state index contributed by atoms with van der Waals surface area (Å²) in [6.07, 6.45) is 0.271. The third-order valence-electron chi connectivity index (χ3n) is 3.58. The lowest BCUT2D eigenvalue weighted by molar-refractivity contribution is -0.00461. The van der Waals surface area contributed by atoms with Gasteiger partial charge >= 0.3 is 0 Å². The first-order valence-corrected chi connectivity index (χ1v) is 7.14. The Bertz CT molecular complexity index is 344. The van der Waals surface area contributed by atoms with Crippen molar-refractivity contribution in [2.45, 2.75) is 31.2 Å². The molecule has 1 saturated heterocycles. The van der Waals surface area contributed by atoms with E-state index in [1.165, 1.54) is 4.88 Å². The van der Waals surface area contributed by atoms with E-state index in [4.69, 9.17) is 15.2 Å². The van der Waals surface area contributed by atoms with Crippen LogP contribution in [0.3, 0.4) is 0 Å². The molecule has 1 aliphatic heterocycles. The molecule has 0 aromatic carbocycles. The maximum atomic E-state index is 6.16. The number of thiophene rings is 1. The summed E-state index contributed by atoms with van der Waals surface area (Å²) in [5, 5.41) is 2.10. The van der Waals surface area contributed by atoms with Gasteiger partial charge < -0.3 is 15.2 Å². The molecule has 102 valence electrons. The zero-order valence-corrected chi connectivity index (χ0v) is 12.0. The van der Waals surface area contributed by atoms with Gasteiger partial charge in [-0.25, -0.2) is 0 Å². The van der Waals surface area contributed by atoms with Crippen LogP contribution < -0.4 is 5.73 Å². The van der Waals surface area contributed by atoms with Gasteiger partial charge in [0.2, 0.25) is 0 Å². The van der Waals surface area contributed by atoms with Gasteiger partial charge in [0.25, 0.3) is 0 Å². The van der Waals surface area contributed by atoms with Gasteiger partial charge in [-0.15, -0.1) is 11.3 Å². The summed E-state index contributed by atoms with van der Waals surface area (Å²) in [7, 11) is 3.48. The largest absolute Gasteiger partial charge is 0.377 e. The van der Waals surface area contributed by atoms with Gasteiger partial charge in [0.1, 0.15) is 0 Å². The lowest BCUT2D eigenvalue weighted by atomic mass is 10.1. The number of hydrogen-bond acceptors (Lipinski definition) is 5. The van der Waals surface area contributed by atoms with Crippen LogP contribution in [0.2, 0.25) is 0 Å². The highest BCUT2D eigenvalue weighted by atomic mass is 32.1. The van der Waals surface area contributed by atoms with Crippen molar-refractivity contribution >= 4 is 11.3 Å². The standard InChI is InChI=1S/C13H22N2O2S/c1-9(14)13(12-5-4-6-18-12)15-7-10(16-2)11(8-15)17-3/h4-6,9-11,13H,7-8,14H2,1-3H3. The molecule has 4 atom stereocenters. The van der Waals surface area contributed by atoms with Crippen LogP contribution in [0.5, 0.6) is 0 Å². The molecular weight excluding hydrogens is 248 g/mol. The molecule has 1 aliphatic rings. The molecule has 1 fully saturated rings. The average molecular weight is 270 g/mol. The molecule has 1 aromatic heterocycles. The number of ether oxygens (including phenoxy) is 2. The minimum Gasteiger partial charge on any atom is -0.377 e. The highest BCUT2D eigenvalue weighted by molar-refractivity contribution is 7.10. The van der Waals surface area contributed by atoms with Crippen LogP contribution in [-0.4, -0.2) is 50.5 Å². The summed E-state index contributed by atoms with van der Waals surface area (Å²) < 4.78 is 11.0. The second-order valence-electron chi connectivity index (χ2n) is 4.82. The fourth-order valence-electron chi connectivity index (χ4n) is 2.68. The second-order valence-corrected chi connectivity index (χ2v) is 5.80. The average Bonchev–Trinajstić information content (AvgIpc) is 2.98. The SMILES string of the molecule is COC1CN(C(c2cccs2)C(C)N)CC1OC. The monoisotopic (exact) mass is 270 g/mol. The molecule has 4 unspecified atom stereocenters. The van der Waals surface area contributed by atoms with Crippen molar-refractivity contribution in [2.75, 3.05) is 27.3 Å². The Kier molecular flexibility index (Phi) is 4.75. The minimum absolute atomic E-state index is 0.0942. The predicted octanol–water partition coefficient (Wildman–Crippen LogP) is 1.48. The van der Waals surface area contributed by atoms with Gasteiger partial charge in [-0.3, -0.25) is 4.90 Å². The first-order chi connectivity index (χ1) is 8.67. The molecule has 0 aliphatic carbocycles. The van der Waals surface area contributed by atoms with Crippen LogP contribution in [0, 0.1) is 0 Å². The van der Waals surface area contributed by atoms with Gasteiger partial charge in [-0.05, 0) is 18.4 Å². The van der Waals surface area contributed by atoms with Crippen LogP contribution in [0.25, 0.3) is 0 Å². The Morgan fingerprint density at radius 1 is 1.33 bits per heavy atom. The molecule has 0 saturated carbocycles. The molecule has 2 rings (SSSR count). The number of rotatable bonds is 5. The summed E-state index contributed by atoms with van der Waals surface area (Å²) in [5.41, 5.74) is 6.16. The molecule has 0 amide bonds.